The first kappa shape index (κ1) is 23.8. The molecule has 1 aromatic heterocycles. The van der Waals surface area contributed by atoms with Crippen molar-refractivity contribution >= 4 is 29.3 Å². The minimum absolute atomic E-state index is 0.0219. The first-order valence-electron chi connectivity index (χ1n) is 9.28. The second-order valence-electron chi connectivity index (χ2n) is 6.59. The first-order valence-corrected chi connectivity index (χ1v) is 10.3. The van der Waals surface area contributed by atoms with Gasteiger partial charge in [-0.2, -0.15) is 13.2 Å². The van der Waals surface area contributed by atoms with Crippen LogP contribution in [0.15, 0.2) is 66.0 Å². The number of thioether (sulfide) groups is 1. The van der Waals surface area contributed by atoms with Crippen molar-refractivity contribution in [2.24, 2.45) is 0 Å². The van der Waals surface area contributed by atoms with Crippen molar-refractivity contribution < 1.29 is 27.7 Å². The van der Waals surface area contributed by atoms with Crippen LogP contribution >= 0.6 is 11.8 Å². The van der Waals surface area contributed by atoms with Gasteiger partial charge >= 0.3 is 6.18 Å². The molecular weight excluding hydrogens is 463 g/mol. The lowest BCUT2D eigenvalue weighted by Crippen LogP contribution is -2.42. The van der Waals surface area contributed by atoms with Crippen LogP contribution in [-0.2, 0) is 11.3 Å². The lowest BCUT2D eigenvalue weighted by molar-refractivity contribution is -0.384. The lowest BCUT2D eigenvalue weighted by atomic mass is 10.2. The number of benzene rings is 2. The molecule has 0 unspecified atom stereocenters. The second-order valence-corrected chi connectivity index (χ2v) is 7.53. The molecule has 9 nitrogen and oxygen atoms in total. The van der Waals surface area contributed by atoms with Crippen LogP contribution in [-0.4, -0.2) is 38.2 Å². The minimum atomic E-state index is -4.51. The maximum Gasteiger partial charge on any atom is 0.406 e. The van der Waals surface area contributed by atoms with Crippen molar-refractivity contribution in [1.29, 1.82) is 0 Å². The number of nitro benzene ring substituents is 1. The van der Waals surface area contributed by atoms with Gasteiger partial charge in [-0.15, -0.1) is 0 Å². The van der Waals surface area contributed by atoms with Crippen molar-refractivity contribution in [3.05, 3.63) is 76.5 Å². The Labute approximate surface area is 189 Å². The van der Waals surface area contributed by atoms with Crippen molar-refractivity contribution in [3.8, 4) is 11.3 Å². The quantitative estimate of drug-likeness (QED) is 0.304. The van der Waals surface area contributed by atoms with Gasteiger partial charge in [0.1, 0.15) is 6.54 Å². The lowest BCUT2D eigenvalue weighted by Gasteiger charge is -2.14. The zero-order chi connectivity index (χ0) is 24.0. The third-order valence-corrected chi connectivity index (χ3v) is 5.18. The van der Waals surface area contributed by atoms with Crippen molar-refractivity contribution in [1.82, 2.24) is 20.4 Å². The number of aromatic nitrogens is 2. The molecule has 33 heavy (non-hydrogen) atoms. The first-order chi connectivity index (χ1) is 15.6. The molecule has 0 aliphatic rings. The summed E-state index contributed by atoms with van der Waals surface area (Å²) >= 11 is 0.764. The van der Waals surface area contributed by atoms with Gasteiger partial charge in [-0.1, -0.05) is 48.2 Å². The van der Waals surface area contributed by atoms with Gasteiger partial charge in [0.15, 0.2) is 5.16 Å². The molecule has 0 saturated heterocycles. The van der Waals surface area contributed by atoms with E-state index in [1.165, 1.54) is 24.4 Å². The van der Waals surface area contributed by atoms with E-state index in [0.717, 1.165) is 22.4 Å². The van der Waals surface area contributed by atoms with Gasteiger partial charge in [-0.05, 0) is 11.6 Å². The number of hydrazine groups is 1. The summed E-state index contributed by atoms with van der Waals surface area (Å²) in [5.41, 5.74) is 4.66. The smallest absolute Gasteiger partial charge is 0.310 e. The summed E-state index contributed by atoms with van der Waals surface area (Å²) in [7, 11) is 0. The Morgan fingerprint density at radius 2 is 1.82 bits per heavy atom. The molecule has 0 fully saturated rings. The summed E-state index contributed by atoms with van der Waals surface area (Å²) in [6, 6.07) is 13.3. The molecule has 0 aliphatic heterocycles. The highest BCUT2D eigenvalue weighted by Crippen LogP contribution is 2.29. The number of rotatable bonds is 7. The van der Waals surface area contributed by atoms with Crippen LogP contribution < -0.4 is 10.9 Å². The number of carbonyl (C=O) groups excluding carboxylic acids is 2. The fourth-order valence-electron chi connectivity index (χ4n) is 2.77. The number of hydrogen-bond acceptors (Lipinski definition) is 6. The van der Waals surface area contributed by atoms with E-state index in [4.69, 9.17) is 0 Å². The highest BCUT2D eigenvalue weighted by molar-refractivity contribution is 7.99. The van der Waals surface area contributed by atoms with Gasteiger partial charge in [0.05, 0.1) is 22.6 Å². The van der Waals surface area contributed by atoms with Crippen LogP contribution in [0.2, 0.25) is 0 Å². The standard InChI is InChI=1S/C20H16F3N5O4S/c21-20(22,23)12-27-16(13-5-2-1-3-6-13)10-24-19(27)33-11-17(29)25-26-18(30)14-7-4-8-15(9-14)28(31)32/h1-10H,11-12H2,(H,25,29)(H,26,30). The van der Waals surface area contributed by atoms with Crippen LogP contribution in [0.3, 0.4) is 0 Å². The van der Waals surface area contributed by atoms with Crippen LogP contribution in [0.4, 0.5) is 18.9 Å². The summed E-state index contributed by atoms with van der Waals surface area (Å²) in [6.45, 7) is -1.29. The normalized spacial score (nSPS) is 11.1. The molecule has 0 radical (unpaired) electrons. The van der Waals surface area contributed by atoms with E-state index in [0.29, 0.717) is 5.56 Å². The molecular formula is C20H16F3N5O4S. The summed E-state index contributed by atoms with van der Waals surface area (Å²) < 4.78 is 40.3. The fourth-order valence-corrected chi connectivity index (χ4v) is 3.55. The van der Waals surface area contributed by atoms with Gasteiger partial charge in [0, 0.05) is 17.7 Å². The Bertz CT molecular complexity index is 1170. The van der Waals surface area contributed by atoms with E-state index in [1.807, 2.05) is 0 Å². The Hall–Kier alpha value is -3.87. The molecule has 2 aromatic carbocycles. The minimum Gasteiger partial charge on any atom is -0.310 e. The molecule has 2 N–H and O–H groups in total. The molecule has 0 saturated carbocycles. The molecule has 3 rings (SSSR count). The Balaban J connectivity index is 1.64. The molecule has 0 aliphatic carbocycles. The van der Waals surface area contributed by atoms with Crippen molar-refractivity contribution in [3.63, 3.8) is 0 Å². The molecule has 0 atom stereocenters. The topological polar surface area (TPSA) is 119 Å². The van der Waals surface area contributed by atoms with E-state index in [2.05, 4.69) is 15.8 Å². The monoisotopic (exact) mass is 479 g/mol. The average Bonchev–Trinajstić information content (AvgIpc) is 3.17. The highest BCUT2D eigenvalue weighted by atomic mass is 32.2. The zero-order valence-corrected chi connectivity index (χ0v) is 17.5. The number of nitro groups is 1. The largest absolute Gasteiger partial charge is 0.406 e. The fraction of sp³-hybridized carbons (Fsp3) is 0.150. The third kappa shape index (κ3) is 6.55. The molecule has 2 amide bonds. The summed E-state index contributed by atoms with van der Waals surface area (Å²) in [5, 5.41) is 10.8. The summed E-state index contributed by atoms with van der Waals surface area (Å²) in [4.78, 5) is 38.3. The number of nitrogens with zero attached hydrogens (tertiary/aromatic N) is 3. The third-order valence-electron chi connectivity index (χ3n) is 4.19. The number of alkyl halides is 3. The van der Waals surface area contributed by atoms with E-state index >= 15 is 0 Å². The van der Waals surface area contributed by atoms with Crippen molar-refractivity contribution in [2.75, 3.05) is 5.75 Å². The number of imidazole rings is 1. The molecule has 172 valence electrons. The summed E-state index contributed by atoms with van der Waals surface area (Å²) in [5.74, 6) is -1.83. The number of non-ortho nitro benzene ring substituents is 1. The number of carbonyl (C=O) groups is 2. The predicted molar refractivity (Wildman–Crippen MR) is 113 cm³/mol. The second kappa shape index (κ2) is 10.2. The SMILES string of the molecule is O=C(CSc1ncc(-c2ccccc2)n1CC(F)(F)F)NNC(=O)c1cccc([N+](=O)[O-])c1. The van der Waals surface area contributed by atoms with Gasteiger partial charge in [0.2, 0.25) is 5.91 Å². The van der Waals surface area contributed by atoms with Crippen LogP contribution in [0.5, 0.6) is 0 Å². The van der Waals surface area contributed by atoms with E-state index in [-0.39, 0.29) is 27.9 Å². The molecule has 0 bridgehead atoms. The van der Waals surface area contributed by atoms with Crippen molar-refractivity contribution in [2.45, 2.75) is 17.9 Å². The molecule has 13 heteroatoms. The van der Waals surface area contributed by atoms with Crippen LogP contribution in [0, 0.1) is 10.1 Å². The molecule has 1 heterocycles. The van der Waals surface area contributed by atoms with Crippen LogP contribution in [0.25, 0.3) is 11.3 Å². The van der Waals surface area contributed by atoms with Gasteiger partial charge in [-0.25, -0.2) is 4.98 Å². The zero-order valence-electron chi connectivity index (χ0n) is 16.7. The summed E-state index contributed by atoms with van der Waals surface area (Å²) in [6.07, 6.45) is -3.21. The number of halogens is 3. The predicted octanol–water partition coefficient (Wildman–Crippen LogP) is 3.57. The molecule has 3 aromatic rings. The maximum atomic E-state index is 13.1. The van der Waals surface area contributed by atoms with Gasteiger partial charge in [-0.3, -0.25) is 30.6 Å². The number of hydrogen-bond donors (Lipinski definition) is 2. The average molecular weight is 479 g/mol. The maximum absolute atomic E-state index is 13.1. The highest BCUT2D eigenvalue weighted by Gasteiger charge is 2.31. The van der Waals surface area contributed by atoms with E-state index in [9.17, 15) is 32.9 Å². The van der Waals surface area contributed by atoms with E-state index in [1.54, 1.807) is 30.3 Å². The Morgan fingerprint density at radius 1 is 1.09 bits per heavy atom. The van der Waals surface area contributed by atoms with Gasteiger partial charge in [0.25, 0.3) is 11.6 Å². The van der Waals surface area contributed by atoms with Crippen LogP contribution in [0.1, 0.15) is 10.4 Å². The molecule has 0 spiro atoms. The number of amides is 2. The van der Waals surface area contributed by atoms with E-state index < -0.39 is 29.5 Å². The Morgan fingerprint density at radius 3 is 2.48 bits per heavy atom. The number of nitrogens with one attached hydrogen (secondary N) is 2. The Kier molecular flexibility index (Phi) is 7.33. The van der Waals surface area contributed by atoms with Gasteiger partial charge < -0.3 is 4.57 Å².